The van der Waals surface area contributed by atoms with Gasteiger partial charge in [-0.2, -0.15) is 10.5 Å². The van der Waals surface area contributed by atoms with Gasteiger partial charge in [-0.3, -0.25) is 9.59 Å². The van der Waals surface area contributed by atoms with Crippen LogP contribution in [0.25, 0.3) is 0 Å². The second-order valence-electron chi connectivity index (χ2n) is 6.58. The van der Waals surface area contributed by atoms with E-state index in [1.807, 2.05) is 12.1 Å². The maximum Gasteiger partial charge on any atom is 0.313 e. The van der Waals surface area contributed by atoms with Crippen LogP contribution < -0.4 is 10.6 Å². The number of allylic oxidation sites excluding steroid dienone is 1. The first-order chi connectivity index (χ1) is 12.9. The fourth-order valence-electron chi connectivity index (χ4n) is 3.99. The standard InChI is InChI=1S/C19H17ClN4O3/c1-3-27-18(26)15-13(11-6-4-5-7-12(11)20)14-16(10(8-21)9-22)23-19(15,2)24-17(14)25/h4-7,13-15,23H,3H2,1-2H3,(H,24,25)/t13-,14-,15-,19-/m1/s1. The number of fused-ring (bicyclic) bond motifs is 3. The number of amides is 1. The second-order valence-corrected chi connectivity index (χ2v) is 6.99. The summed E-state index contributed by atoms with van der Waals surface area (Å²) in [5.74, 6) is -3.26. The van der Waals surface area contributed by atoms with Crippen LogP contribution in [0.1, 0.15) is 25.3 Å². The molecule has 0 unspecified atom stereocenters. The Morgan fingerprint density at radius 1 is 1.30 bits per heavy atom. The van der Waals surface area contributed by atoms with E-state index in [0.717, 1.165) is 0 Å². The van der Waals surface area contributed by atoms with Crippen molar-refractivity contribution in [2.75, 3.05) is 6.61 Å². The Balaban J connectivity index is 2.27. The topological polar surface area (TPSA) is 115 Å². The summed E-state index contributed by atoms with van der Waals surface area (Å²) in [6.07, 6.45) is 0. The Labute approximate surface area is 161 Å². The SMILES string of the molecule is CCOC(=O)[C@H]1[C@H](c2ccccc2Cl)[C@H]2C(=O)N[C@@]1(C)NC2=C(C#N)C#N. The summed E-state index contributed by atoms with van der Waals surface area (Å²) in [7, 11) is 0. The molecule has 2 bridgehead atoms. The van der Waals surface area contributed by atoms with Gasteiger partial charge in [0.2, 0.25) is 5.91 Å². The Morgan fingerprint density at radius 2 is 1.96 bits per heavy atom. The predicted molar refractivity (Wildman–Crippen MR) is 95.7 cm³/mol. The van der Waals surface area contributed by atoms with Crippen molar-refractivity contribution < 1.29 is 14.3 Å². The first kappa shape index (κ1) is 18.8. The molecule has 0 radical (unpaired) electrons. The molecule has 3 saturated heterocycles. The minimum absolute atomic E-state index is 0.184. The van der Waals surface area contributed by atoms with Gasteiger partial charge in [0.05, 0.1) is 18.2 Å². The number of nitrogens with one attached hydrogen (secondary N) is 2. The Kier molecular flexibility index (Phi) is 4.82. The fraction of sp³-hybridized carbons (Fsp3) is 0.368. The number of hydrogen-bond donors (Lipinski definition) is 2. The highest BCUT2D eigenvalue weighted by Gasteiger charge is 2.61. The molecule has 138 valence electrons. The molecule has 4 atom stereocenters. The minimum Gasteiger partial charge on any atom is -0.466 e. The molecule has 7 nitrogen and oxygen atoms in total. The van der Waals surface area contributed by atoms with Crippen LogP contribution in [0.2, 0.25) is 5.02 Å². The Hall–Kier alpha value is -3.03. The van der Waals surface area contributed by atoms with Gasteiger partial charge in [-0.05, 0) is 25.5 Å². The first-order valence-corrected chi connectivity index (χ1v) is 8.81. The summed E-state index contributed by atoms with van der Waals surface area (Å²) in [5.41, 5.74) is -0.620. The Morgan fingerprint density at radius 3 is 2.56 bits per heavy atom. The normalized spacial score (nSPS) is 28.4. The van der Waals surface area contributed by atoms with E-state index >= 15 is 0 Å². The highest BCUT2D eigenvalue weighted by Crippen LogP contribution is 2.50. The number of nitriles is 2. The van der Waals surface area contributed by atoms with Crippen molar-refractivity contribution in [2.45, 2.75) is 25.4 Å². The van der Waals surface area contributed by atoms with Gasteiger partial charge in [0.1, 0.15) is 29.3 Å². The van der Waals surface area contributed by atoms with E-state index in [0.29, 0.717) is 10.6 Å². The number of nitrogens with zero attached hydrogens (tertiary/aromatic N) is 2. The van der Waals surface area contributed by atoms with Gasteiger partial charge < -0.3 is 15.4 Å². The van der Waals surface area contributed by atoms with Crippen molar-refractivity contribution in [1.29, 1.82) is 10.5 Å². The highest BCUT2D eigenvalue weighted by molar-refractivity contribution is 6.31. The van der Waals surface area contributed by atoms with Crippen molar-refractivity contribution in [2.24, 2.45) is 11.8 Å². The molecule has 3 fully saturated rings. The van der Waals surface area contributed by atoms with Crippen molar-refractivity contribution >= 4 is 23.5 Å². The number of esters is 1. The van der Waals surface area contributed by atoms with E-state index in [2.05, 4.69) is 10.6 Å². The maximum absolute atomic E-state index is 12.8. The lowest BCUT2D eigenvalue weighted by Gasteiger charge is -2.55. The molecule has 0 aliphatic carbocycles. The summed E-state index contributed by atoms with van der Waals surface area (Å²) in [6.45, 7) is 3.52. The zero-order chi connectivity index (χ0) is 19.8. The average molecular weight is 385 g/mol. The van der Waals surface area contributed by atoms with E-state index < -0.39 is 29.4 Å². The van der Waals surface area contributed by atoms with E-state index in [1.165, 1.54) is 0 Å². The van der Waals surface area contributed by atoms with Gasteiger partial charge in [0, 0.05) is 10.9 Å². The van der Waals surface area contributed by atoms with Gasteiger partial charge in [-0.1, -0.05) is 29.8 Å². The molecule has 3 aliphatic rings. The maximum atomic E-state index is 12.8. The number of hydrogen-bond acceptors (Lipinski definition) is 6. The average Bonchev–Trinajstić information content (AvgIpc) is 2.62. The first-order valence-electron chi connectivity index (χ1n) is 8.43. The number of halogens is 1. The number of carbonyl (C=O) groups excluding carboxylic acids is 2. The van der Waals surface area contributed by atoms with Crippen LogP contribution in [0.15, 0.2) is 35.5 Å². The smallest absolute Gasteiger partial charge is 0.313 e. The number of rotatable bonds is 3. The zero-order valence-electron chi connectivity index (χ0n) is 14.7. The molecule has 27 heavy (non-hydrogen) atoms. The van der Waals surface area contributed by atoms with Crippen molar-refractivity contribution in [3.05, 3.63) is 46.1 Å². The second kappa shape index (κ2) is 6.94. The van der Waals surface area contributed by atoms with Gasteiger partial charge in [0.15, 0.2) is 0 Å². The number of piperidine rings is 2. The third-order valence-electron chi connectivity index (χ3n) is 5.01. The van der Waals surface area contributed by atoms with Gasteiger partial charge in [0.25, 0.3) is 0 Å². The molecule has 0 aromatic heterocycles. The van der Waals surface area contributed by atoms with Gasteiger partial charge >= 0.3 is 5.97 Å². The molecule has 1 amide bonds. The number of ether oxygens (including phenoxy) is 1. The van der Waals surface area contributed by atoms with E-state index in [9.17, 15) is 20.1 Å². The highest BCUT2D eigenvalue weighted by atomic mass is 35.5. The van der Waals surface area contributed by atoms with Crippen LogP contribution in [0.4, 0.5) is 0 Å². The van der Waals surface area contributed by atoms with Crippen LogP contribution in [0, 0.1) is 34.5 Å². The van der Waals surface area contributed by atoms with Crippen molar-refractivity contribution in [1.82, 2.24) is 10.6 Å². The van der Waals surface area contributed by atoms with Crippen molar-refractivity contribution in [3.63, 3.8) is 0 Å². The molecule has 1 aromatic rings. The summed E-state index contributed by atoms with van der Waals surface area (Å²) in [5, 5.41) is 24.9. The summed E-state index contributed by atoms with van der Waals surface area (Å²) < 4.78 is 5.26. The van der Waals surface area contributed by atoms with Crippen LogP contribution in [-0.4, -0.2) is 24.1 Å². The predicted octanol–water partition coefficient (Wildman–Crippen LogP) is 1.97. The molecule has 3 aliphatic heterocycles. The third-order valence-corrected chi connectivity index (χ3v) is 5.35. The molecule has 1 aromatic carbocycles. The zero-order valence-corrected chi connectivity index (χ0v) is 15.5. The lowest BCUT2D eigenvalue weighted by atomic mass is 9.63. The van der Waals surface area contributed by atoms with E-state index in [1.54, 1.807) is 38.1 Å². The minimum atomic E-state index is -1.23. The van der Waals surface area contributed by atoms with Crippen LogP contribution in [0.5, 0.6) is 0 Å². The molecule has 0 saturated carbocycles. The molecule has 8 heteroatoms. The van der Waals surface area contributed by atoms with Crippen molar-refractivity contribution in [3.8, 4) is 12.1 Å². The summed E-state index contributed by atoms with van der Waals surface area (Å²) >= 11 is 6.38. The monoisotopic (exact) mass is 384 g/mol. The summed E-state index contributed by atoms with van der Waals surface area (Å²) in [6, 6.07) is 10.6. The van der Waals surface area contributed by atoms with E-state index in [-0.39, 0.29) is 23.8 Å². The quantitative estimate of drug-likeness (QED) is 0.608. The molecule has 0 spiro atoms. The summed E-state index contributed by atoms with van der Waals surface area (Å²) in [4.78, 5) is 25.6. The largest absolute Gasteiger partial charge is 0.466 e. The molecular formula is C19H17ClN4O3. The van der Waals surface area contributed by atoms with Crippen LogP contribution >= 0.6 is 11.6 Å². The Bertz CT molecular complexity index is 914. The lowest BCUT2D eigenvalue weighted by molar-refractivity contribution is -0.160. The molecular weight excluding hydrogens is 368 g/mol. The molecule has 3 heterocycles. The number of carbonyl (C=O) groups is 2. The molecule has 4 rings (SSSR count). The molecule has 2 N–H and O–H groups in total. The van der Waals surface area contributed by atoms with Gasteiger partial charge in [-0.25, -0.2) is 0 Å². The number of benzene rings is 1. The lowest BCUT2D eigenvalue weighted by Crippen LogP contribution is -2.75. The van der Waals surface area contributed by atoms with Crippen LogP contribution in [0.3, 0.4) is 0 Å². The van der Waals surface area contributed by atoms with Gasteiger partial charge in [-0.15, -0.1) is 0 Å². The fourth-order valence-corrected chi connectivity index (χ4v) is 4.25. The van der Waals surface area contributed by atoms with Crippen LogP contribution in [-0.2, 0) is 14.3 Å². The third kappa shape index (κ3) is 2.90. The van der Waals surface area contributed by atoms with E-state index in [4.69, 9.17) is 16.3 Å².